The van der Waals surface area contributed by atoms with Crippen LogP contribution in [0, 0.1) is 0 Å². The first kappa shape index (κ1) is 13.9. The van der Waals surface area contributed by atoms with Crippen LogP contribution in [0.1, 0.15) is 31.4 Å². The molecule has 0 saturated heterocycles. The molecular weight excluding hydrogens is 238 g/mol. The quantitative estimate of drug-likeness (QED) is 0.882. The van der Waals surface area contributed by atoms with Gasteiger partial charge in [-0.3, -0.25) is 4.79 Å². The van der Waals surface area contributed by atoms with Gasteiger partial charge >= 0.3 is 0 Å². The fourth-order valence-corrected chi connectivity index (χ4v) is 2.73. The molecule has 1 aliphatic rings. The Balaban J connectivity index is 2.36. The smallest absolute Gasteiger partial charge is 0.244 e. The van der Waals surface area contributed by atoms with Crippen molar-refractivity contribution in [3.05, 3.63) is 29.8 Å². The molecule has 19 heavy (non-hydrogen) atoms. The molecule has 0 saturated carbocycles. The standard InChI is InChI=1S/C15H23N3O/c1-11(15(19)17(2)3)18-10-6-8-13(16)12-7-4-5-9-14(12)18/h4-5,7,9,11,13H,6,8,10,16H2,1-3H3. The monoisotopic (exact) mass is 261 g/mol. The maximum atomic E-state index is 12.2. The number of fused-ring (bicyclic) bond motifs is 1. The molecule has 1 aliphatic heterocycles. The summed E-state index contributed by atoms with van der Waals surface area (Å²) in [6, 6.07) is 8.09. The summed E-state index contributed by atoms with van der Waals surface area (Å²) in [6.45, 7) is 2.85. The Morgan fingerprint density at radius 1 is 1.42 bits per heavy atom. The minimum atomic E-state index is -0.151. The molecule has 4 heteroatoms. The van der Waals surface area contributed by atoms with Gasteiger partial charge in [-0.1, -0.05) is 18.2 Å². The van der Waals surface area contributed by atoms with Gasteiger partial charge in [0.15, 0.2) is 0 Å². The van der Waals surface area contributed by atoms with E-state index in [9.17, 15) is 4.79 Å². The third-order valence-electron chi connectivity index (χ3n) is 3.83. The molecule has 2 unspecified atom stereocenters. The van der Waals surface area contributed by atoms with E-state index in [0.717, 1.165) is 30.6 Å². The number of hydrogen-bond donors (Lipinski definition) is 1. The molecule has 0 aromatic heterocycles. The number of nitrogens with two attached hydrogens (primary N) is 1. The van der Waals surface area contributed by atoms with Gasteiger partial charge in [0.2, 0.25) is 5.91 Å². The van der Waals surface area contributed by atoms with Crippen molar-refractivity contribution in [3.8, 4) is 0 Å². The molecule has 0 aliphatic carbocycles. The second-order valence-corrected chi connectivity index (χ2v) is 5.41. The third-order valence-corrected chi connectivity index (χ3v) is 3.83. The maximum absolute atomic E-state index is 12.2. The molecule has 4 nitrogen and oxygen atoms in total. The van der Waals surface area contributed by atoms with Crippen molar-refractivity contribution in [3.63, 3.8) is 0 Å². The fourth-order valence-electron chi connectivity index (χ4n) is 2.73. The molecule has 1 aromatic carbocycles. The summed E-state index contributed by atoms with van der Waals surface area (Å²) in [5.41, 5.74) is 8.48. The van der Waals surface area contributed by atoms with Crippen LogP contribution in [0.15, 0.2) is 24.3 Å². The number of carbonyl (C=O) groups is 1. The Labute approximate surface area is 115 Å². The summed E-state index contributed by atoms with van der Waals surface area (Å²) >= 11 is 0. The molecule has 1 aromatic rings. The average molecular weight is 261 g/mol. The lowest BCUT2D eigenvalue weighted by atomic mass is 10.0. The molecule has 1 heterocycles. The number of likely N-dealkylation sites (N-methyl/N-ethyl adjacent to an activating group) is 1. The topological polar surface area (TPSA) is 49.6 Å². The van der Waals surface area contributed by atoms with Gasteiger partial charge in [-0.15, -0.1) is 0 Å². The van der Waals surface area contributed by atoms with Crippen molar-refractivity contribution >= 4 is 11.6 Å². The zero-order valence-electron chi connectivity index (χ0n) is 12.0. The Kier molecular flexibility index (Phi) is 4.10. The highest BCUT2D eigenvalue weighted by molar-refractivity contribution is 5.85. The van der Waals surface area contributed by atoms with Gasteiger partial charge in [-0.25, -0.2) is 0 Å². The van der Waals surface area contributed by atoms with E-state index in [-0.39, 0.29) is 18.0 Å². The van der Waals surface area contributed by atoms with Gasteiger partial charge in [-0.05, 0) is 31.4 Å². The maximum Gasteiger partial charge on any atom is 0.244 e. The second kappa shape index (κ2) is 5.61. The van der Waals surface area contributed by atoms with Crippen molar-refractivity contribution < 1.29 is 4.79 Å². The van der Waals surface area contributed by atoms with E-state index >= 15 is 0 Å². The van der Waals surface area contributed by atoms with Crippen molar-refractivity contribution in [1.82, 2.24) is 4.90 Å². The Hall–Kier alpha value is -1.55. The van der Waals surface area contributed by atoms with Crippen LogP contribution in [0.4, 0.5) is 5.69 Å². The van der Waals surface area contributed by atoms with E-state index in [4.69, 9.17) is 5.73 Å². The molecule has 0 spiro atoms. The van der Waals surface area contributed by atoms with Crippen molar-refractivity contribution in [2.75, 3.05) is 25.5 Å². The first-order chi connectivity index (χ1) is 9.02. The molecule has 2 atom stereocenters. The van der Waals surface area contributed by atoms with E-state index in [1.807, 2.05) is 19.1 Å². The summed E-state index contributed by atoms with van der Waals surface area (Å²) < 4.78 is 0. The van der Waals surface area contributed by atoms with Gasteiger partial charge in [0.05, 0.1) is 0 Å². The number of rotatable bonds is 2. The Morgan fingerprint density at radius 2 is 2.11 bits per heavy atom. The van der Waals surface area contributed by atoms with Crippen LogP contribution in [0.25, 0.3) is 0 Å². The van der Waals surface area contributed by atoms with Crippen LogP contribution in [-0.2, 0) is 4.79 Å². The number of amides is 1. The number of anilines is 1. The summed E-state index contributed by atoms with van der Waals surface area (Å²) in [5, 5.41) is 0. The molecule has 2 rings (SSSR count). The predicted molar refractivity (Wildman–Crippen MR) is 78.1 cm³/mol. The highest BCUT2D eigenvalue weighted by Gasteiger charge is 2.27. The van der Waals surface area contributed by atoms with Crippen LogP contribution in [0.3, 0.4) is 0 Å². The van der Waals surface area contributed by atoms with Crippen LogP contribution < -0.4 is 10.6 Å². The van der Waals surface area contributed by atoms with Gasteiger partial charge in [0.25, 0.3) is 0 Å². The lowest BCUT2D eigenvalue weighted by Crippen LogP contribution is -2.45. The molecule has 104 valence electrons. The minimum absolute atomic E-state index is 0.0721. The second-order valence-electron chi connectivity index (χ2n) is 5.41. The minimum Gasteiger partial charge on any atom is -0.360 e. The zero-order valence-corrected chi connectivity index (χ0v) is 12.0. The first-order valence-corrected chi connectivity index (χ1v) is 6.84. The van der Waals surface area contributed by atoms with Crippen LogP contribution in [-0.4, -0.2) is 37.5 Å². The number of nitrogens with zero attached hydrogens (tertiary/aromatic N) is 2. The van der Waals surface area contributed by atoms with Gasteiger partial charge in [0, 0.05) is 32.4 Å². The first-order valence-electron chi connectivity index (χ1n) is 6.84. The summed E-state index contributed by atoms with van der Waals surface area (Å²) in [5.74, 6) is 0.130. The number of para-hydroxylation sites is 1. The number of benzene rings is 1. The number of hydrogen-bond acceptors (Lipinski definition) is 3. The van der Waals surface area contributed by atoms with E-state index in [1.54, 1.807) is 19.0 Å². The normalized spacial score (nSPS) is 20.4. The van der Waals surface area contributed by atoms with E-state index in [1.165, 1.54) is 0 Å². The zero-order chi connectivity index (χ0) is 14.0. The molecule has 0 fully saturated rings. The lowest BCUT2D eigenvalue weighted by Gasteiger charge is -2.32. The van der Waals surface area contributed by atoms with Crippen molar-refractivity contribution in [1.29, 1.82) is 0 Å². The molecule has 0 radical (unpaired) electrons. The summed E-state index contributed by atoms with van der Waals surface area (Å²) in [4.78, 5) is 16.0. The molecule has 1 amide bonds. The summed E-state index contributed by atoms with van der Waals surface area (Å²) in [7, 11) is 3.60. The van der Waals surface area contributed by atoms with Crippen LogP contribution in [0.5, 0.6) is 0 Å². The largest absolute Gasteiger partial charge is 0.360 e. The third kappa shape index (κ3) is 2.73. The SMILES string of the molecule is CC(C(=O)N(C)C)N1CCCC(N)c2ccccc21. The van der Waals surface area contributed by atoms with E-state index in [2.05, 4.69) is 17.0 Å². The Morgan fingerprint density at radius 3 is 2.79 bits per heavy atom. The Bertz CT molecular complexity index is 458. The molecule has 0 bridgehead atoms. The predicted octanol–water partition coefficient (Wildman–Crippen LogP) is 1.76. The van der Waals surface area contributed by atoms with Gasteiger partial charge < -0.3 is 15.5 Å². The number of carbonyl (C=O) groups excluding carboxylic acids is 1. The van der Waals surface area contributed by atoms with Crippen LogP contribution in [0.2, 0.25) is 0 Å². The van der Waals surface area contributed by atoms with Crippen molar-refractivity contribution in [2.45, 2.75) is 31.8 Å². The molecular formula is C15H23N3O. The van der Waals surface area contributed by atoms with E-state index < -0.39 is 0 Å². The van der Waals surface area contributed by atoms with Gasteiger partial charge in [-0.2, -0.15) is 0 Å². The lowest BCUT2D eigenvalue weighted by molar-refractivity contribution is -0.129. The average Bonchev–Trinajstić information content (AvgIpc) is 2.57. The highest BCUT2D eigenvalue weighted by Crippen LogP contribution is 2.32. The van der Waals surface area contributed by atoms with Gasteiger partial charge in [0.1, 0.15) is 6.04 Å². The fraction of sp³-hybridized carbons (Fsp3) is 0.533. The van der Waals surface area contributed by atoms with E-state index in [0.29, 0.717) is 0 Å². The highest BCUT2D eigenvalue weighted by atomic mass is 16.2. The van der Waals surface area contributed by atoms with Crippen molar-refractivity contribution in [2.24, 2.45) is 5.73 Å². The molecule has 2 N–H and O–H groups in total. The van der Waals surface area contributed by atoms with Crippen LogP contribution >= 0.6 is 0 Å². The summed E-state index contributed by atoms with van der Waals surface area (Å²) in [6.07, 6.45) is 1.98.